The van der Waals surface area contributed by atoms with E-state index in [1.807, 2.05) is 12.2 Å². The summed E-state index contributed by atoms with van der Waals surface area (Å²) in [6, 6.07) is 0. The van der Waals surface area contributed by atoms with E-state index in [1.54, 1.807) is 13.1 Å². The molecule has 1 unspecified atom stereocenters. The van der Waals surface area contributed by atoms with Gasteiger partial charge in [-0.15, -0.1) is 0 Å². The minimum absolute atomic E-state index is 0.507. The fourth-order valence-corrected chi connectivity index (χ4v) is 0.841. The molecule has 1 aliphatic carbocycles. The van der Waals surface area contributed by atoms with Crippen molar-refractivity contribution in [3.8, 4) is 0 Å². The molecule has 1 nitrogen and oxygen atoms in total. The van der Waals surface area contributed by atoms with E-state index in [9.17, 15) is 4.39 Å². The molecule has 2 heteroatoms. The van der Waals surface area contributed by atoms with Crippen LogP contribution in [0.25, 0.3) is 0 Å². The van der Waals surface area contributed by atoms with E-state index in [0.29, 0.717) is 12.1 Å². The molecule has 9 heavy (non-hydrogen) atoms. The van der Waals surface area contributed by atoms with Gasteiger partial charge in [-0.1, -0.05) is 12.2 Å². The molecule has 1 aliphatic rings. The maximum atomic E-state index is 12.7. The molecule has 1 atom stereocenters. The number of nitrogens with one attached hydrogen (secondary N) is 1. The zero-order valence-corrected chi connectivity index (χ0v) is 5.39. The van der Waals surface area contributed by atoms with Crippen molar-refractivity contribution in [1.82, 2.24) is 5.32 Å². The molecule has 0 amide bonds. The molecule has 0 aliphatic heterocycles. The van der Waals surface area contributed by atoms with Crippen molar-refractivity contribution in [2.45, 2.75) is 12.6 Å². The second-order valence-corrected chi connectivity index (χ2v) is 2.00. The highest BCUT2D eigenvalue weighted by Crippen LogP contribution is 2.12. The topological polar surface area (TPSA) is 12.0 Å². The summed E-state index contributed by atoms with van der Waals surface area (Å²) in [4.78, 5) is 0. The fourth-order valence-electron chi connectivity index (χ4n) is 0.841. The molecular weight excluding hydrogens is 117 g/mol. The lowest BCUT2D eigenvalue weighted by Crippen LogP contribution is -2.17. The molecule has 1 N–H and O–H groups in total. The van der Waals surface area contributed by atoms with Gasteiger partial charge in [0.1, 0.15) is 6.17 Å². The quantitative estimate of drug-likeness (QED) is 0.561. The van der Waals surface area contributed by atoms with Crippen molar-refractivity contribution >= 4 is 0 Å². The summed E-state index contributed by atoms with van der Waals surface area (Å²) in [6.07, 6.45) is 5.13. The summed E-state index contributed by atoms with van der Waals surface area (Å²) >= 11 is 0. The van der Waals surface area contributed by atoms with Gasteiger partial charge in [0.15, 0.2) is 0 Å². The van der Waals surface area contributed by atoms with Crippen LogP contribution < -0.4 is 5.32 Å². The predicted molar refractivity (Wildman–Crippen MR) is 35.8 cm³/mol. The van der Waals surface area contributed by atoms with Gasteiger partial charge in [-0.3, -0.25) is 0 Å². The Bertz CT molecular complexity index is 149. The average molecular weight is 127 g/mol. The van der Waals surface area contributed by atoms with Gasteiger partial charge >= 0.3 is 0 Å². The van der Waals surface area contributed by atoms with Crippen LogP contribution in [0, 0.1) is 0 Å². The fraction of sp³-hybridized carbons (Fsp3) is 0.429. The maximum absolute atomic E-state index is 12.7. The van der Waals surface area contributed by atoms with Crippen LogP contribution in [0.5, 0.6) is 0 Å². The van der Waals surface area contributed by atoms with Crippen molar-refractivity contribution < 1.29 is 4.39 Å². The highest BCUT2D eigenvalue weighted by molar-refractivity contribution is 5.20. The summed E-state index contributed by atoms with van der Waals surface area (Å²) in [5.41, 5.74) is 0.678. The highest BCUT2D eigenvalue weighted by atomic mass is 19.1. The van der Waals surface area contributed by atoms with Crippen molar-refractivity contribution in [2.75, 3.05) is 7.05 Å². The predicted octanol–water partition coefficient (Wildman–Crippen LogP) is 1.39. The van der Waals surface area contributed by atoms with Crippen molar-refractivity contribution in [3.63, 3.8) is 0 Å². The normalized spacial score (nSPS) is 25.6. The van der Waals surface area contributed by atoms with Crippen LogP contribution in [0.2, 0.25) is 0 Å². The van der Waals surface area contributed by atoms with Crippen LogP contribution in [0.3, 0.4) is 0 Å². The molecule has 1 rings (SSSR count). The van der Waals surface area contributed by atoms with Crippen molar-refractivity contribution in [2.24, 2.45) is 0 Å². The van der Waals surface area contributed by atoms with Gasteiger partial charge in [0.25, 0.3) is 0 Å². The van der Waals surface area contributed by atoms with E-state index in [4.69, 9.17) is 0 Å². The lowest BCUT2D eigenvalue weighted by Gasteiger charge is -2.12. The number of alkyl halides is 1. The van der Waals surface area contributed by atoms with E-state index in [1.165, 1.54) is 0 Å². The minimum atomic E-state index is -0.819. The number of hydrogen-bond acceptors (Lipinski definition) is 1. The van der Waals surface area contributed by atoms with E-state index in [-0.39, 0.29) is 0 Å². The van der Waals surface area contributed by atoms with Gasteiger partial charge in [0, 0.05) is 19.2 Å². The van der Waals surface area contributed by atoms with E-state index in [2.05, 4.69) is 5.32 Å². The Kier molecular flexibility index (Phi) is 1.88. The minimum Gasteiger partial charge on any atom is -0.389 e. The summed E-state index contributed by atoms with van der Waals surface area (Å²) in [6.45, 7) is 0. The molecule has 0 radical (unpaired) electrons. The molecule has 0 saturated carbocycles. The number of halogens is 1. The highest BCUT2D eigenvalue weighted by Gasteiger charge is 2.10. The van der Waals surface area contributed by atoms with Gasteiger partial charge in [-0.05, 0) is 6.08 Å². The van der Waals surface area contributed by atoms with Gasteiger partial charge < -0.3 is 5.32 Å². The summed E-state index contributed by atoms with van der Waals surface area (Å²) in [7, 11) is 1.73. The SMILES string of the molecule is CNC1=CC=CCC1F. The van der Waals surface area contributed by atoms with Gasteiger partial charge in [0.05, 0.1) is 0 Å². The second kappa shape index (κ2) is 2.67. The molecule has 0 saturated heterocycles. The molecule has 0 fully saturated rings. The van der Waals surface area contributed by atoms with Gasteiger partial charge in [-0.25, -0.2) is 4.39 Å². The van der Waals surface area contributed by atoms with Crippen LogP contribution in [-0.4, -0.2) is 13.2 Å². The third-order valence-corrected chi connectivity index (χ3v) is 1.38. The molecule has 0 spiro atoms. The largest absolute Gasteiger partial charge is 0.389 e. The lowest BCUT2D eigenvalue weighted by molar-refractivity contribution is 0.369. The summed E-state index contributed by atoms with van der Waals surface area (Å²) < 4.78 is 12.7. The first-order valence-electron chi connectivity index (χ1n) is 3.03. The van der Waals surface area contributed by atoms with E-state index >= 15 is 0 Å². The van der Waals surface area contributed by atoms with Gasteiger partial charge in [-0.2, -0.15) is 0 Å². The Labute approximate surface area is 54.3 Å². The van der Waals surface area contributed by atoms with Crippen molar-refractivity contribution in [1.29, 1.82) is 0 Å². The molecule has 0 aromatic carbocycles. The first-order valence-corrected chi connectivity index (χ1v) is 3.03. The first kappa shape index (κ1) is 6.33. The van der Waals surface area contributed by atoms with Gasteiger partial charge in [0.2, 0.25) is 0 Å². The Morgan fingerprint density at radius 1 is 1.78 bits per heavy atom. The van der Waals surface area contributed by atoms with Crippen LogP contribution in [0.1, 0.15) is 6.42 Å². The number of hydrogen-bond donors (Lipinski definition) is 1. The van der Waals surface area contributed by atoms with Crippen LogP contribution in [0.4, 0.5) is 4.39 Å². The molecule has 0 bridgehead atoms. The summed E-state index contributed by atoms with van der Waals surface area (Å²) in [5, 5.41) is 2.79. The lowest BCUT2D eigenvalue weighted by atomic mass is 10.1. The zero-order valence-electron chi connectivity index (χ0n) is 5.39. The summed E-state index contributed by atoms with van der Waals surface area (Å²) in [5.74, 6) is 0. The molecule has 0 aromatic rings. The molecule has 0 aromatic heterocycles. The first-order chi connectivity index (χ1) is 4.34. The third-order valence-electron chi connectivity index (χ3n) is 1.38. The third kappa shape index (κ3) is 1.31. The van der Waals surface area contributed by atoms with Crippen LogP contribution in [-0.2, 0) is 0 Å². The Morgan fingerprint density at radius 3 is 3.00 bits per heavy atom. The Hall–Kier alpha value is -0.790. The van der Waals surface area contributed by atoms with Crippen LogP contribution >= 0.6 is 0 Å². The monoisotopic (exact) mass is 127 g/mol. The Morgan fingerprint density at radius 2 is 2.56 bits per heavy atom. The molecular formula is C7H10FN. The number of rotatable bonds is 1. The van der Waals surface area contributed by atoms with Crippen molar-refractivity contribution in [3.05, 3.63) is 23.9 Å². The smallest absolute Gasteiger partial charge is 0.143 e. The standard InChI is InChI=1S/C7H10FN/c1-9-7-5-3-2-4-6(7)8/h2-3,5-6,9H,4H2,1H3. The molecule has 0 heterocycles. The molecule has 50 valence electrons. The second-order valence-electron chi connectivity index (χ2n) is 2.00. The number of allylic oxidation sites excluding steroid dienone is 4. The van der Waals surface area contributed by atoms with E-state index < -0.39 is 6.17 Å². The average Bonchev–Trinajstić information content (AvgIpc) is 1.89. The zero-order chi connectivity index (χ0) is 6.69. The van der Waals surface area contributed by atoms with Crippen LogP contribution in [0.15, 0.2) is 23.9 Å². The van der Waals surface area contributed by atoms with E-state index in [0.717, 1.165) is 0 Å². The Balaban J connectivity index is 2.63. The maximum Gasteiger partial charge on any atom is 0.143 e.